The Kier molecular flexibility index (Phi) is 5.00. The van der Waals surface area contributed by atoms with Gasteiger partial charge in [-0.05, 0) is 44.2 Å². The molecule has 7 heteroatoms. The van der Waals surface area contributed by atoms with Crippen LogP contribution in [0.2, 0.25) is 0 Å². The molecule has 1 aliphatic rings. The number of carbonyl (C=O) groups is 1. The summed E-state index contributed by atoms with van der Waals surface area (Å²) in [7, 11) is 2.01. The smallest absolute Gasteiger partial charge is 0.315 e. The van der Waals surface area contributed by atoms with Crippen molar-refractivity contribution >= 4 is 16.8 Å². The lowest BCUT2D eigenvalue weighted by molar-refractivity contribution is 0.234. The lowest BCUT2D eigenvalue weighted by atomic mass is 10.1. The number of nitrogens with zero attached hydrogens (tertiary/aromatic N) is 3. The average Bonchev–Trinajstić information content (AvgIpc) is 3.27. The fourth-order valence-corrected chi connectivity index (χ4v) is 3.70. The standard InChI is InChI=1S/C21H25N5O2/c1-13(2)22-21(27)23-17-11-18(26(3)12-17)20-24-19(25-28-20)16-9-8-14-6-4-5-7-15(14)10-16/h4-10,13,17-18H,11-12H2,1-3H3,(H2,22,23,27)/t17-,18-/m0/s1. The summed E-state index contributed by atoms with van der Waals surface area (Å²) in [6.45, 7) is 4.62. The molecule has 1 fully saturated rings. The zero-order valence-corrected chi connectivity index (χ0v) is 16.3. The molecule has 2 N–H and O–H groups in total. The third kappa shape index (κ3) is 3.84. The molecule has 7 nitrogen and oxygen atoms in total. The highest BCUT2D eigenvalue weighted by Crippen LogP contribution is 2.31. The van der Waals surface area contributed by atoms with Gasteiger partial charge in [0.1, 0.15) is 0 Å². The summed E-state index contributed by atoms with van der Waals surface area (Å²) in [5.41, 5.74) is 0.931. The van der Waals surface area contributed by atoms with Crippen LogP contribution in [0.3, 0.4) is 0 Å². The van der Waals surface area contributed by atoms with Crippen LogP contribution in [0, 0.1) is 0 Å². The van der Waals surface area contributed by atoms with Gasteiger partial charge in [-0.1, -0.05) is 41.6 Å². The van der Waals surface area contributed by atoms with Crippen LogP contribution in [-0.2, 0) is 0 Å². The van der Waals surface area contributed by atoms with Crippen molar-refractivity contribution in [1.29, 1.82) is 0 Å². The van der Waals surface area contributed by atoms with Crippen molar-refractivity contribution in [2.45, 2.75) is 38.4 Å². The first kappa shape index (κ1) is 18.4. The first-order valence-electron chi connectivity index (χ1n) is 9.59. The fourth-order valence-electron chi connectivity index (χ4n) is 3.70. The lowest BCUT2D eigenvalue weighted by Crippen LogP contribution is -2.45. The van der Waals surface area contributed by atoms with Crippen molar-refractivity contribution in [1.82, 2.24) is 25.7 Å². The zero-order chi connectivity index (χ0) is 19.7. The number of rotatable bonds is 4. The van der Waals surface area contributed by atoms with E-state index in [4.69, 9.17) is 4.52 Å². The predicted octanol–water partition coefficient (Wildman–Crippen LogP) is 3.34. The van der Waals surface area contributed by atoms with Gasteiger partial charge in [0.05, 0.1) is 6.04 Å². The topological polar surface area (TPSA) is 83.3 Å². The van der Waals surface area contributed by atoms with Gasteiger partial charge < -0.3 is 15.2 Å². The van der Waals surface area contributed by atoms with Crippen LogP contribution in [-0.4, -0.2) is 46.7 Å². The number of hydrogen-bond acceptors (Lipinski definition) is 5. The summed E-state index contributed by atoms with van der Waals surface area (Å²) in [6, 6.07) is 14.3. The van der Waals surface area contributed by atoms with Crippen molar-refractivity contribution in [3.05, 3.63) is 48.4 Å². The molecule has 1 aromatic heterocycles. The largest absolute Gasteiger partial charge is 0.337 e. The summed E-state index contributed by atoms with van der Waals surface area (Å²) < 4.78 is 5.57. The summed E-state index contributed by atoms with van der Waals surface area (Å²) >= 11 is 0. The Morgan fingerprint density at radius 2 is 2.00 bits per heavy atom. The second-order valence-corrected chi connectivity index (χ2v) is 7.68. The minimum Gasteiger partial charge on any atom is -0.337 e. The Labute approximate surface area is 164 Å². The van der Waals surface area contributed by atoms with E-state index in [0.717, 1.165) is 23.9 Å². The highest BCUT2D eigenvalue weighted by atomic mass is 16.5. The first-order chi connectivity index (χ1) is 13.5. The maximum atomic E-state index is 12.0. The van der Waals surface area contributed by atoms with E-state index in [2.05, 4.69) is 49.9 Å². The molecule has 2 heterocycles. The van der Waals surface area contributed by atoms with Crippen LogP contribution < -0.4 is 10.6 Å². The monoisotopic (exact) mass is 379 g/mol. The van der Waals surface area contributed by atoms with E-state index < -0.39 is 0 Å². The van der Waals surface area contributed by atoms with Gasteiger partial charge in [-0.15, -0.1) is 0 Å². The summed E-state index contributed by atoms with van der Waals surface area (Å²) in [6.07, 6.45) is 0.737. The number of carbonyl (C=O) groups excluding carboxylic acids is 1. The van der Waals surface area contributed by atoms with Crippen LogP contribution in [0.5, 0.6) is 0 Å². The molecule has 2 amide bonds. The molecule has 4 rings (SSSR count). The van der Waals surface area contributed by atoms with Crippen LogP contribution in [0.25, 0.3) is 22.2 Å². The van der Waals surface area contributed by atoms with Crippen molar-refractivity contribution in [3.63, 3.8) is 0 Å². The van der Waals surface area contributed by atoms with E-state index in [0.29, 0.717) is 11.7 Å². The van der Waals surface area contributed by atoms with E-state index in [1.807, 2.05) is 39.1 Å². The third-order valence-corrected chi connectivity index (χ3v) is 5.04. The van der Waals surface area contributed by atoms with Gasteiger partial charge in [0, 0.05) is 24.2 Å². The second kappa shape index (κ2) is 7.59. The highest BCUT2D eigenvalue weighted by molar-refractivity contribution is 5.86. The van der Waals surface area contributed by atoms with E-state index in [-0.39, 0.29) is 24.2 Å². The summed E-state index contributed by atoms with van der Waals surface area (Å²) in [5.74, 6) is 1.17. The fraction of sp³-hybridized carbons (Fsp3) is 0.381. The molecule has 0 bridgehead atoms. The molecule has 2 atom stereocenters. The minimum absolute atomic E-state index is 0.00828. The molecule has 2 aromatic carbocycles. The Bertz CT molecular complexity index is 984. The summed E-state index contributed by atoms with van der Waals surface area (Å²) in [4.78, 5) is 18.7. The van der Waals surface area contributed by atoms with Gasteiger partial charge >= 0.3 is 6.03 Å². The lowest BCUT2D eigenvalue weighted by Gasteiger charge is -2.15. The predicted molar refractivity (Wildman–Crippen MR) is 108 cm³/mol. The van der Waals surface area contributed by atoms with E-state index in [1.54, 1.807) is 0 Å². The average molecular weight is 379 g/mol. The number of likely N-dealkylation sites (N-methyl/N-ethyl adjacent to an activating group) is 1. The normalized spacial score (nSPS) is 20.0. The number of hydrogen-bond donors (Lipinski definition) is 2. The molecule has 0 spiro atoms. The van der Waals surface area contributed by atoms with Gasteiger partial charge in [-0.2, -0.15) is 4.98 Å². The first-order valence-corrected chi connectivity index (χ1v) is 9.59. The van der Waals surface area contributed by atoms with Crippen molar-refractivity contribution < 1.29 is 9.32 Å². The maximum absolute atomic E-state index is 12.0. The Morgan fingerprint density at radius 3 is 2.79 bits per heavy atom. The number of amides is 2. The second-order valence-electron chi connectivity index (χ2n) is 7.68. The molecule has 0 unspecified atom stereocenters. The highest BCUT2D eigenvalue weighted by Gasteiger charge is 2.35. The van der Waals surface area contributed by atoms with Gasteiger partial charge in [-0.3, -0.25) is 4.90 Å². The molecule has 3 aromatic rings. The van der Waals surface area contributed by atoms with Gasteiger partial charge in [0.2, 0.25) is 11.7 Å². The van der Waals surface area contributed by atoms with Gasteiger partial charge in [0.25, 0.3) is 0 Å². The number of nitrogens with one attached hydrogen (secondary N) is 2. The third-order valence-electron chi connectivity index (χ3n) is 5.04. The number of likely N-dealkylation sites (tertiary alicyclic amines) is 1. The quantitative estimate of drug-likeness (QED) is 0.726. The molecular formula is C21H25N5O2. The molecule has 0 aliphatic carbocycles. The number of benzene rings is 2. The van der Waals surface area contributed by atoms with Crippen LogP contribution in [0.15, 0.2) is 47.0 Å². The number of urea groups is 1. The van der Waals surface area contributed by atoms with E-state index in [9.17, 15) is 4.79 Å². The van der Waals surface area contributed by atoms with Gasteiger partial charge in [-0.25, -0.2) is 4.79 Å². The van der Waals surface area contributed by atoms with Crippen molar-refractivity contribution in [2.24, 2.45) is 0 Å². The van der Waals surface area contributed by atoms with Crippen LogP contribution >= 0.6 is 0 Å². The number of aromatic nitrogens is 2. The molecule has 28 heavy (non-hydrogen) atoms. The van der Waals surface area contributed by atoms with E-state index in [1.165, 1.54) is 5.39 Å². The summed E-state index contributed by atoms with van der Waals surface area (Å²) in [5, 5.41) is 12.4. The van der Waals surface area contributed by atoms with Crippen LogP contribution in [0.4, 0.5) is 4.79 Å². The van der Waals surface area contributed by atoms with E-state index >= 15 is 0 Å². The minimum atomic E-state index is -0.142. The Balaban J connectivity index is 1.48. The molecule has 0 saturated carbocycles. The molecule has 146 valence electrons. The molecule has 0 radical (unpaired) electrons. The maximum Gasteiger partial charge on any atom is 0.315 e. The molecule has 1 aliphatic heterocycles. The SMILES string of the molecule is CC(C)NC(=O)N[C@H]1C[C@@H](c2nc(-c3ccc4ccccc4c3)no2)N(C)C1. The number of fused-ring (bicyclic) bond motifs is 1. The van der Waals surface area contributed by atoms with Crippen molar-refractivity contribution in [3.8, 4) is 11.4 Å². The molecular weight excluding hydrogens is 354 g/mol. The Morgan fingerprint density at radius 1 is 1.21 bits per heavy atom. The van der Waals surface area contributed by atoms with Crippen LogP contribution in [0.1, 0.15) is 32.2 Å². The Hall–Kier alpha value is -2.93. The zero-order valence-electron chi connectivity index (χ0n) is 16.3. The van der Waals surface area contributed by atoms with Crippen molar-refractivity contribution in [2.75, 3.05) is 13.6 Å². The van der Waals surface area contributed by atoms with Gasteiger partial charge in [0.15, 0.2) is 0 Å². The molecule has 1 saturated heterocycles.